The molecule has 6 nitrogen and oxygen atoms in total. The summed E-state index contributed by atoms with van der Waals surface area (Å²) in [5.41, 5.74) is 2.39. The van der Waals surface area contributed by atoms with Crippen LogP contribution in [0.25, 0.3) is 0 Å². The third kappa shape index (κ3) is 6.37. The molecule has 2 N–H and O–H groups in total. The summed E-state index contributed by atoms with van der Waals surface area (Å²) in [6.07, 6.45) is 1.53. The van der Waals surface area contributed by atoms with Gasteiger partial charge in [0.05, 0.1) is 0 Å². The van der Waals surface area contributed by atoms with E-state index in [0.717, 1.165) is 25.5 Å². The molecule has 1 aromatic rings. The summed E-state index contributed by atoms with van der Waals surface area (Å²) in [7, 11) is 5.85. The molecule has 1 aliphatic rings. The number of hydrogen-bond acceptors (Lipinski definition) is 3. The lowest BCUT2D eigenvalue weighted by atomic mass is 10.2. The highest BCUT2D eigenvalue weighted by Gasteiger charge is 2.25. The van der Waals surface area contributed by atoms with Gasteiger partial charge in [-0.3, -0.25) is 9.79 Å². The predicted octanol–water partition coefficient (Wildman–Crippen LogP) is 2.05. The zero-order valence-corrected chi connectivity index (χ0v) is 17.9. The van der Waals surface area contributed by atoms with Crippen molar-refractivity contribution in [2.45, 2.75) is 32.4 Å². The first-order valence-corrected chi connectivity index (χ1v) is 8.54. The van der Waals surface area contributed by atoms with Gasteiger partial charge in [0.15, 0.2) is 5.96 Å². The van der Waals surface area contributed by atoms with Gasteiger partial charge in [-0.25, -0.2) is 0 Å². The quantitative estimate of drug-likeness (QED) is 0.402. The summed E-state index contributed by atoms with van der Waals surface area (Å²) in [5, 5.41) is 6.77. The van der Waals surface area contributed by atoms with Crippen LogP contribution in [0.1, 0.15) is 25.3 Å². The number of nitrogens with zero attached hydrogens (tertiary/aromatic N) is 3. The van der Waals surface area contributed by atoms with Crippen molar-refractivity contribution in [1.82, 2.24) is 15.5 Å². The highest BCUT2D eigenvalue weighted by molar-refractivity contribution is 14.0. The molecule has 1 saturated heterocycles. The van der Waals surface area contributed by atoms with Gasteiger partial charge in [0, 0.05) is 58.9 Å². The normalized spacial score (nSPS) is 17.0. The molecular formula is C18H30IN5O. The smallest absolute Gasteiger partial charge is 0.222 e. The number of anilines is 1. The Balaban J connectivity index is 0.00000312. The fourth-order valence-corrected chi connectivity index (χ4v) is 2.85. The number of hydrogen-bond donors (Lipinski definition) is 2. The van der Waals surface area contributed by atoms with Crippen LogP contribution < -0.4 is 15.5 Å². The molecule has 0 bridgehead atoms. The van der Waals surface area contributed by atoms with Gasteiger partial charge in [-0.1, -0.05) is 19.1 Å². The highest BCUT2D eigenvalue weighted by Crippen LogP contribution is 2.13. The van der Waals surface area contributed by atoms with Crippen LogP contribution in [-0.4, -0.2) is 57.0 Å². The van der Waals surface area contributed by atoms with Crippen molar-refractivity contribution in [2.75, 3.05) is 39.1 Å². The molecule has 25 heavy (non-hydrogen) atoms. The Morgan fingerprint density at radius 1 is 1.40 bits per heavy atom. The van der Waals surface area contributed by atoms with Gasteiger partial charge in [-0.2, -0.15) is 0 Å². The van der Waals surface area contributed by atoms with Crippen LogP contribution in [-0.2, 0) is 11.3 Å². The predicted molar refractivity (Wildman–Crippen MR) is 115 cm³/mol. The first-order chi connectivity index (χ1) is 11.5. The monoisotopic (exact) mass is 459 g/mol. The van der Waals surface area contributed by atoms with Gasteiger partial charge in [0.1, 0.15) is 0 Å². The summed E-state index contributed by atoms with van der Waals surface area (Å²) in [5.74, 6) is 1.00. The number of likely N-dealkylation sites (tertiary alicyclic amines) is 1. The fourth-order valence-electron chi connectivity index (χ4n) is 2.85. The number of nitrogens with one attached hydrogen (secondary N) is 2. The number of amides is 1. The van der Waals surface area contributed by atoms with Crippen molar-refractivity contribution < 1.29 is 4.79 Å². The maximum atomic E-state index is 11.8. The first kappa shape index (κ1) is 21.5. The van der Waals surface area contributed by atoms with Crippen LogP contribution in [0.3, 0.4) is 0 Å². The Kier molecular flexibility index (Phi) is 9.02. The molecule has 140 valence electrons. The molecule has 1 fully saturated rings. The van der Waals surface area contributed by atoms with E-state index in [9.17, 15) is 4.79 Å². The van der Waals surface area contributed by atoms with Crippen LogP contribution in [0.5, 0.6) is 0 Å². The summed E-state index contributed by atoms with van der Waals surface area (Å²) < 4.78 is 0. The molecule has 0 radical (unpaired) electrons. The minimum absolute atomic E-state index is 0. The third-order valence-electron chi connectivity index (χ3n) is 4.29. The molecule has 1 aliphatic heterocycles. The van der Waals surface area contributed by atoms with E-state index >= 15 is 0 Å². The van der Waals surface area contributed by atoms with E-state index in [0.29, 0.717) is 13.0 Å². The van der Waals surface area contributed by atoms with Gasteiger partial charge in [-0.05, 0) is 24.1 Å². The summed E-state index contributed by atoms with van der Waals surface area (Å²) in [6, 6.07) is 8.68. The average Bonchev–Trinajstić information content (AvgIpc) is 3.06. The number of carbonyl (C=O) groups is 1. The third-order valence-corrected chi connectivity index (χ3v) is 4.29. The molecular weight excluding hydrogens is 429 g/mol. The van der Waals surface area contributed by atoms with Gasteiger partial charge in [0.2, 0.25) is 5.91 Å². The molecule has 1 unspecified atom stereocenters. The van der Waals surface area contributed by atoms with Crippen molar-refractivity contribution in [3.8, 4) is 0 Å². The van der Waals surface area contributed by atoms with Crippen LogP contribution in [0, 0.1) is 0 Å². The number of benzene rings is 1. The maximum Gasteiger partial charge on any atom is 0.222 e. The van der Waals surface area contributed by atoms with E-state index in [-0.39, 0.29) is 35.9 Å². The largest absolute Gasteiger partial charge is 0.378 e. The Bertz CT molecular complexity index is 591. The standard InChI is InChI=1S/C18H29N5O.HI/c1-5-17(24)23-10-9-15(13-23)21-18(19-2)20-12-14-7-6-8-16(11-14)22(3)4;/h6-8,11,15H,5,9-10,12-13H2,1-4H3,(H2,19,20,21);1H. The number of rotatable bonds is 5. The fraction of sp³-hybridized carbons (Fsp3) is 0.556. The first-order valence-electron chi connectivity index (χ1n) is 8.54. The second-order valence-corrected chi connectivity index (χ2v) is 6.31. The van der Waals surface area contributed by atoms with Crippen LogP contribution in [0.2, 0.25) is 0 Å². The van der Waals surface area contributed by atoms with Crippen molar-refractivity contribution in [1.29, 1.82) is 0 Å². The van der Waals surface area contributed by atoms with E-state index in [1.54, 1.807) is 7.05 Å². The molecule has 0 aliphatic carbocycles. The Morgan fingerprint density at radius 3 is 2.80 bits per heavy atom. The van der Waals surface area contributed by atoms with Crippen molar-refractivity contribution >= 4 is 41.5 Å². The molecule has 7 heteroatoms. The average molecular weight is 459 g/mol. The van der Waals surface area contributed by atoms with Gasteiger partial charge < -0.3 is 20.4 Å². The zero-order chi connectivity index (χ0) is 17.5. The number of halogens is 1. The van der Waals surface area contributed by atoms with E-state index in [1.807, 2.05) is 25.9 Å². The lowest BCUT2D eigenvalue weighted by Crippen LogP contribution is -2.44. The number of carbonyl (C=O) groups excluding carboxylic acids is 1. The minimum atomic E-state index is 0. The minimum Gasteiger partial charge on any atom is -0.378 e. The molecule has 1 heterocycles. The van der Waals surface area contributed by atoms with E-state index in [4.69, 9.17) is 0 Å². The number of aliphatic imine (C=N–C) groups is 1. The molecule has 2 rings (SSSR count). The van der Waals surface area contributed by atoms with E-state index in [1.165, 1.54) is 11.3 Å². The van der Waals surface area contributed by atoms with Crippen LogP contribution in [0.15, 0.2) is 29.3 Å². The molecule has 0 saturated carbocycles. The Hall–Kier alpha value is -1.51. The van der Waals surface area contributed by atoms with Crippen molar-refractivity contribution in [3.05, 3.63) is 29.8 Å². The van der Waals surface area contributed by atoms with Crippen molar-refractivity contribution in [2.24, 2.45) is 4.99 Å². The lowest BCUT2D eigenvalue weighted by molar-refractivity contribution is -0.129. The summed E-state index contributed by atoms with van der Waals surface area (Å²) >= 11 is 0. The van der Waals surface area contributed by atoms with E-state index in [2.05, 4.69) is 44.8 Å². The van der Waals surface area contributed by atoms with Gasteiger partial charge in [0.25, 0.3) is 0 Å². The number of guanidine groups is 1. The summed E-state index contributed by atoms with van der Waals surface area (Å²) in [6.45, 7) is 4.20. The molecule has 1 aromatic carbocycles. The van der Waals surface area contributed by atoms with Gasteiger partial charge >= 0.3 is 0 Å². The lowest BCUT2D eigenvalue weighted by Gasteiger charge is -2.19. The SMILES string of the molecule is CCC(=O)N1CCC(NC(=NC)NCc2cccc(N(C)C)c2)C1.I. The highest BCUT2D eigenvalue weighted by atomic mass is 127. The van der Waals surface area contributed by atoms with Gasteiger partial charge in [-0.15, -0.1) is 24.0 Å². The molecule has 0 spiro atoms. The van der Waals surface area contributed by atoms with Crippen LogP contribution >= 0.6 is 24.0 Å². The second-order valence-electron chi connectivity index (χ2n) is 6.31. The van der Waals surface area contributed by atoms with Crippen molar-refractivity contribution in [3.63, 3.8) is 0 Å². The molecule has 1 amide bonds. The second kappa shape index (κ2) is 10.5. The Morgan fingerprint density at radius 2 is 2.16 bits per heavy atom. The van der Waals surface area contributed by atoms with Crippen LogP contribution in [0.4, 0.5) is 5.69 Å². The topological polar surface area (TPSA) is 60.0 Å². The molecule has 1 atom stereocenters. The maximum absolute atomic E-state index is 11.8. The molecule has 0 aromatic heterocycles. The zero-order valence-electron chi connectivity index (χ0n) is 15.6. The Labute approximate surface area is 168 Å². The van der Waals surface area contributed by atoms with E-state index < -0.39 is 0 Å². The summed E-state index contributed by atoms with van der Waals surface area (Å²) in [4.78, 5) is 20.1.